The van der Waals surface area contributed by atoms with E-state index in [-0.39, 0.29) is 36.4 Å². The van der Waals surface area contributed by atoms with Gasteiger partial charge in [0.1, 0.15) is 18.1 Å². The molecule has 4 aliphatic rings. The second kappa shape index (κ2) is 8.49. The van der Waals surface area contributed by atoms with Crippen LogP contribution in [0.4, 0.5) is 5.69 Å². The van der Waals surface area contributed by atoms with Gasteiger partial charge in [-0.2, -0.15) is 0 Å². The van der Waals surface area contributed by atoms with E-state index in [0.29, 0.717) is 40.3 Å². The molecule has 1 saturated heterocycles. The first kappa shape index (κ1) is 23.3. The summed E-state index contributed by atoms with van der Waals surface area (Å²) in [5, 5.41) is 9.56. The SMILES string of the molecule is C=Cc1ccc(N2C(=O)C3CC=C4C(c5ccc(CO)o5)C5=C(CC4C3C2=O)C(=O)C=C(C)C5=O)cc1. The number of benzene rings is 1. The first-order valence-corrected chi connectivity index (χ1v) is 12.3. The van der Waals surface area contributed by atoms with Gasteiger partial charge in [-0.1, -0.05) is 36.4 Å². The van der Waals surface area contributed by atoms with Crippen LogP contribution in [0.1, 0.15) is 42.8 Å². The quantitative estimate of drug-likeness (QED) is 0.390. The Morgan fingerprint density at radius 3 is 2.49 bits per heavy atom. The summed E-state index contributed by atoms with van der Waals surface area (Å²) in [5.74, 6) is -2.51. The molecule has 1 aromatic carbocycles. The van der Waals surface area contributed by atoms with Gasteiger partial charge in [0.05, 0.1) is 23.4 Å². The predicted molar refractivity (Wildman–Crippen MR) is 135 cm³/mol. The smallest absolute Gasteiger partial charge is 0.238 e. The molecule has 7 nitrogen and oxygen atoms in total. The van der Waals surface area contributed by atoms with Crippen molar-refractivity contribution in [2.24, 2.45) is 17.8 Å². The summed E-state index contributed by atoms with van der Waals surface area (Å²) >= 11 is 0. The van der Waals surface area contributed by atoms with E-state index in [0.717, 1.165) is 11.1 Å². The molecule has 7 heteroatoms. The number of rotatable bonds is 4. The van der Waals surface area contributed by atoms with E-state index < -0.39 is 23.7 Å². The first-order chi connectivity index (χ1) is 17.8. The van der Waals surface area contributed by atoms with Gasteiger partial charge in [0.15, 0.2) is 11.6 Å². The van der Waals surface area contributed by atoms with Gasteiger partial charge >= 0.3 is 0 Å². The molecule has 0 bridgehead atoms. The van der Waals surface area contributed by atoms with Gasteiger partial charge in [0.25, 0.3) is 0 Å². The Hall–Kier alpha value is -4.10. The summed E-state index contributed by atoms with van der Waals surface area (Å²) in [6.07, 6.45) is 5.55. The van der Waals surface area contributed by atoms with E-state index in [1.165, 1.54) is 11.0 Å². The standard InChI is InChI=1S/C30H25NO6/c1-3-16-4-6-17(7-5-16)31-29(35)20-10-9-19-21(25(20)30(31)36)13-22-23(33)12-15(2)28(34)27(22)26(19)24-11-8-18(14-32)37-24/h3-9,11-12,20-21,25-26,32H,1,10,13-14H2,2H3. The van der Waals surface area contributed by atoms with Gasteiger partial charge in [-0.15, -0.1) is 0 Å². The van der Waals surface area contributed by atoms with Gasteiger partial charge in [0, 0.05) is 16.7 Å². The van der Waals surface area contributed by atoms with Gasteiger partial charge in [-0.3, -0.25) is 24.1 Å². The van der Waals surface area contributed by atoms with Gasteiger partial charge < -0.3 is 9.52 Å². The van der Waals surface area contributed by atoms with Crippen LogP contribution in [0.5, 0.6) is 0 Å². The number of fused-ring (bicyclic) bond motifs is 3. The number of carbonyl (C=O) groups excluding carboxylic acids is 4. The van der Waals surface area contributed by atoms with Crippen molar-refractivity contribution in [3.05, 3.63) is 94.5 Å². The number of imide groups is 1. The molecule has 6 rings (SSSR count). The van der Waals surface area contributed by atoms with Crippen LogP contribution in [0.2, 0.25) is 0 Å². The lowest BCUT2D eigenvalue weighted by Crippen LogP contribution is -2.39. The Labute approximate surface area is 213 Å². The van der Waals surface area contributed by atoms with Crippen LogP contribution >= 0.6 is 0 Å². The zero-order valence-corrected chi connectivity index (χ0v) is 20.3. The largest absolute Gasteiger partial charge is 0.463 e. The van der Waals surface area contributed by atoms with Crippen molar-refractivity contribution >= 4 is 35.1 Å². The number of Topliss-reactive ketones (excluding diaryl/α,β-unsaturated/α-hetero) is 1. The molecular formula is C30H25NO6. The number of hydrogen-bond donors (Lipinski definition) is 1. The second-order valence-corrected chi connectivity index (χ2v) is 10.00. The topological polar surface area (TPSA) is 105 Å². The third-order valence-electron chi connectivity index (χ3n) is 8.07. The van der Waals surface area contributed by atoms with Crippen LogP contribution in [0, 0.1) is 17.8 Å². The molecule has 4 atom stereocenters. The number of allylic oxidation sites excluding steroid dienone is 6. The zero-order valence-electron chi connectivity index (χ0n) is 20.3. The highest BCUT2D eigenvalue weighted by Gasteiger charge is 2.57. The molecule has 0 radical (unpaired) electrons. The number of anilines is 1. The highest BCUT2D eigenvalue weighted by atomic mass is 16.4. The number of amides is 2. The maximum atomic E-state index is 13.8. The molecule has 2 amide bonds. The molecule has 186 valence electrons. The fourth-order valence-electron chi connectivity index (χ4n) is 6.34. The monoisotopic (exact) mass is 495 g/mol. The molecule has 1 aromatic heterocycles. The number of hydrogen-bond acceptors (Lipinski definition) is 6. The molecule has 2 heterocycles. The number of aliphatic hydroxyl groups excluding tert-OH is 1. The van der Waals surface area contributed by atoms with Crippen molar-refractivity contribution in [2.45, 2.75) is 32.3 Å². The minimum atomic E-state index is -0.654. The molecule has 37 heavy (non-hydrogen) atoms. The molecule has 0 saturated carbocycles. The molecule has 4 unspecified atom stereocenters. The van der Waals surface area contributed by atoms with Gasteiger partial charge in [-0.25, -0.2) is 0 Å². The van der Waals surface area contributed by atoms with Crippen molar-refractivity contribution in [2.75, 3.05) is 4.90 Å². The average Bonchev–Trinajstić information content (AvgIpc) is 3.48. The van der Waals surface area contributed by atoms with Crippen LogP contribution in [-0.4, -0.2) is 28.5 Å². The lowest BCUT2D eigenvalue weighted by Gasteiger charge is -2.41. The second-order valence-electron chi connectivity index (χ2n) is 10.00. The van der Waals surface area contributed by atoms with Crippen molar-refractivity contribution in [3.63, 3.8) is 0 Å². The molecular weight excluding hydrogens is 470 g/mol. The van der Waals surface area contributed by atoms with Crippen molar-refractivity contribution in [1.29, 1.82) is 0 Å². The van der Waals surface area contributed by atoms with E-state index in [1.54, 1.807) is 49.4 Å². The maximum Gasteiger partial charge on any atom is 0.238 e. The Balaban J connectivity index is 1.45. The van der Waals surface area contributed by atoms with E-state index in [9.17, 15) is 24.3 Å². The number of furan rings is 1. The summed E-state index contributed by atoms with van der Waals surface area (Å²) in [5.41, 5.74) is 3.31. The Morgan fingerprint density at radius 1 is 1.05 bits per heavy atom. The Kier molecular flexibility index (Phi) is 5.35. The lowest BCUT2D eigenvalue weighted by molar-refractivity contribution is -0.123. The maximum absolute atomic E-state index is 13.8. The normalized spacial score (nSPS) is 27.0. The van der Waals surface area contributed by atoms with E-state index in [4.69, 9.17) is 4.42 Å². The third-order valence-corrected chi connectivity index (χ3v) is 8.07. The molecule has 2 aromatic rings. The summed E-state index contributed by atoms with van der Waals surface area (Å²) in [6.45, 7) is 5.06. The zero-order chi connectivity index (χ0) is 26.0. The molecule has 1 N–H and O–H groups in total. The first-order valence-electron chi connectivity index (χ1n) is 12.3. The van der Waals surface area contributed by atoms with Crippen LogP contribution in [0.15, 0.2) is 81.8 Å². The lowest BCUT2D eigenvalue weighted by atomic mass is 9.60. The van der Waals surface area contributed by atoms with Crippen LogP contribution in [0.3, 0.4) is 0 Å². The van der Waals surface area contributed by atoms with Crippen LogP contribution < -0.4 is 4.90 Å². The van der Waals surface area contributed by atoms with Gasteiger partial charge in [-0.05, 0) is 61.6 Å². The van der Waals surface area contributed by atoms with Crippen molar-refractivity contribution < 1.29 is 28.7 Å². The minimum Gasteiger partial charge on any atom is -0.463 e. The average molecular weight is 496 g/mol. The van der Waals surface area contributed by atoms with Crippen LogP contribution in [-0.2, 0) is 25.8 Å². The summed E-state index contributed by atoms with van der Waals surface area (Å²) < 4.78 is 5.88. The molecule has 3 aliphatic carbocycles. The summed E-state index contributed by atoms with van der Waals surface area (Å²) in [4.78, 5) is 55.0. The molecule has 1 aliphatic heterocycles. The fourth-order valence-corrected chi connectivity index (χ4v) is 6.34. The minimum absolute atomic E-state index is 0.211. The highest BCUT2D eigenvalue weighted by Crippen LogP contribution is 2.55. The van der Waals surface area contributed by atoms with E-state index >= 15 is 0 Å². The Morgan fingerprint density at radius 2 is 1.81 bits per heavy atom. The van der Waals surface area contributed by atoms with Crippen molar-refractivity contribution in [3.8, 4) is 0 Å². The number of carbonyl (C=O) groups is 4. The number of ketones is 2. The summed E-state index contributed by atoms with van der Waals surface area (Å²) in [6, 6.07) is 10.4. The van der Waals surface area contributed by atoms with Crippen molar-refractivity contribution in [1.82, 2.24) is 0 Å². The Bertz CT molecular complexity index is 1480. The summed E-state index contributed by atoms with van der Waals surface area (Å²) in [7, 11) is 0. The van der Waals surface area contributed by atoms with E-state index in [1.807, 2.05) is 6.08 Å². The number of nitrogens with zero attached hydrogens (tertiary/aromatic N) is 1. The van der Waals surface area contributed by atoms with Gasteiger partial charge in [0.2, 0.25) is 11.8 Å². The molecule has 1 fully saturated rings. The fraction of sp³-hybridized carbons (Fsp3) is 0.267. The highest BCUT2D eigenvalue weighted by molar-refractivity contribution is 6.25. The van der Waals surface area contributed by atoms with Crippen LogP contribution in [0.25, 0.3) is 6.08 Å². The van der Waals surface area contributed by atoms with E-state index in [2.05, 4.69) is 6.58 Å². The predicted octanol–water partition coefficient (Wildman–Crippen LogP) is 4.05. The number of aliphatic hydroxyl groups is 1. The third kappa shape index (κ3) is 3.38. The molecule has 0 spiro atoms.